The summed E-state index contributed by atoms with van der Waals surface area (Å²) in [5, 5.41) is 2.03. The van der Waals surface area contributed by atoms with Crippen LogP contribution < -0.4 is 9.47 Å². The van der Waals surface area contributed by atoms with Crippen LogP contribution >= 0.6 is 11.3 Å². The predicted molar refractivity (Wildman–Crippen MR) is 102 cm³/mol. The molecule has 1 aliphatic heterocycles. The van der Waals surface area contributed by atoms with Gasteiger partial charge in [-0.2, -0.15) is 0 Å². The fourth-order valence-electron chi connectivity index (χ4n) is 3.04. The Balaban J connectivity index is 1.42. The molecule has 136 valence electrons. The lowest BCUT2D eigenvalue weighted by Gasteiger charge is -2.30. The van der Waals surface area contributed by atoms with E-state index in [4.69, 9.17) is 18.9 Å². The average Bonchev–Trinajstić information content (AvgIpc) is 3.31. The van der Waals surface area contributed by atoms with Crippen molar-refractivity contribution in [1.29, 1.82) is 0 Å². The normalized spacial score (nSPS) is 16.2. The highest BCUT2D eigenvalue weighted by Crippen LogP contribution is 2.31. The summed E-state index contributed by atoms with van der Waals surface area (Å²) in [4.78, 5) is 8.07. The Bertz CT molecular complexity index is 860. The fourth-order valence-corrected chi connectivity index (χ4v) is 3.69. The SMILES string of the molecule is CCN(Cc1nc(-c2cccs2)oc1C)C[C@@H]1COc2ccccc2O1. The molecule has 4 rings (SSSR count). The number of fused-ring (bicyclic) bond motifs is 1. The number of likely N-dealkylation sites (N-methyl/N-ethyl adjacent to an activating group) is 1. The van der Waals surface area contributed by atoms with Gasteiger partial charge in [0, 0.05) is 13.1 Å². The van der Waals surface area contributed by atoms with Crippen molar-refractivity contribution in [2.45, 2.75) is 26.5 Å². The van der Waals surface area contributed by atoms with E-state index in [1.807, 2.05) is 48.7 Å². The Morgan fingerprint density at radius 2 is 2.04 bits per heavy atom. The highest BCUT2D eigenvalue weighted by atomic mass is 32.1. The van der Waals surface area contributed by atoms with Gasteiger partial charge < -0.3 is 13.9 Å². The topological polar surface area (TPSA) is 47.7 Å². The van der Waals surface area contributed by atoms with E-state index >= 15 is 0 Å². The van der Waals surface area contributed by atoms with Gasteiger partial charge in [-0.3, -0.25) is 4.90 Å². The van der Waals surface area contributed by atoms with Gasteiger partial charge in [-0.25, -0.2) is 4.98 Å². The molecule has 0 spiro atoms. The summed E-state index contributed by atoms with van der Waals surface area (Å²) < 4.78 is 17.8. The van der Waals surface area contributed by atoms with Crippen LogP contribution in [0.4, 0.5) is 0 Å². The van der Waals surface area contributed by atoms with Gasteiger partial charge in [0.05, 0.1) is 10.6 Å². The van der Waals surface area contributed by atoms with Crippen LogP contribution in [-0.4, -0.2) is 35.7 Å². The fraction of sp³-hybridized carbons (Fsp3) is 0.350. The quantitative estimate of drug-likeness (QED) is 0.645. The molecule has 1 atom stereocenters. The molecule has 0 saturated carbocycles. The summed E-state index contributed by atoms with van der Waals surface area (Å²) in [5.74, 6) is 3.21. The third-order valence-electron chi connectivity index (χ3n) is 4.47. The second kappa shape index (κ2) is 7.51. The summed E-state index contributed by atoms with van der Waals surface area (Å²) in [5.41, 5.74) is 0.979. The smallest absolute Gasteiger partial charge is 0.236 e. The van der Waals surface area contributed by atoms with Crippen molar-refractivity contribution in [3.63, 3.8) is 0 Å². The van der Waals surface area contributed by atoms with Crippen molar-refractivity contribution in [2.75, 3.05) is 19.7 Å². The van der Waals surface area contributed by atoms with Gasteiger partial charge in [-0.15, -0.1) is 11.3 Å². The number of aryl methyl sites for hydroxylation is 1. The van der Waals surface area contributed by atoms with Gasteiger partial charge in [0.15, 0.2) is 11.5 Å². The lowest BCUT2D eigenvalue weighted by Crippen LogP contribution is -2.40. The van der Waals surface area contributed by atoms with Crippen molar-refractivity contribution in [2.24, 2.45) is 0 Å². The zero-order valence-corrected chi connectivity index (χ0v) is 15.8. The third kappa shape index (κ3) is 3.61. The molecule has 0 amide bonds. The third-order valence-corrected chi connectivity index (χ3v) is 5.33. The van der Waals surface area contributed by atoms with Gasteiger partial charge in [0.1, 0.15) is 18.5 Å². The summed E-state index contributed by atoms with van der Waals surface area (Å²) in [6.45, 7) is 7.11. The second-order valence-corrected chi connectivity index (χ2v) is 7.27. The maximum absolute atomic E-state index is 6.09. The maximum atomic E-state index is 6.09. The molecule has 0 radical (unpaired) electrons. The van der Waals surface area contributed by atoms with E-state index in [1.165, 1.54) is 0 Å². The number of thiophene rings is 1. The molecular weight excluding hydrogens is 348 g/mol. The molecule has 3 heterocycles. The summed E-state index contributed by atoms with van der Waals surface area (Å²) >= 11 is 1.64. The van der Waals surface area contributed by atoms with Crippen molar-refractivity contribution in [3.05, 3.63) is 53.2 Å². The molecule has 0 bridgehead atoms. The van der Waals surface area contributed by atoms with Crippen LogP contribution in [-0.2, 0) is 6.54 Å². The minimum absolute atomic E-state index is 0.00817. The van der Waals surface area contributed by atoms with E-state index in [1.54, 1.807) is 11.3 Å². The zero-order valence-electron chi connectivity index (χ0n) is 15.0. The van der Waals surface area contributed by atoms with Crippen LogP contribution in [0.1, 0.15) is 18.4 Å². The van der Waals surface area contributed by atoms with Crippen LogP contribution in [0.25, 0.3) is 10.8 Å². The number of nitrogens with zero attached hydrogens (tertiary/aromatic N) is 2. The lowest BCUT2D eigenvalue weighted by molar-refractivity contribution is 0.0576. The lowest BCUT2D eigenvalue weighted by atomic mass is 10.2. The standard InChI is InChI=1S/C20H22N2O3S/c1-3-22(11-15-13-23-17-7-4-5-8-18(17)25-15)12-16-14(2)24-20(21-16)19-9-6-10-26-19/h4-10,15H,3,11-13H2,1-2H3/t15-/m1/s1. The van der Waals surface area contributed by atoms with E-state index in [0.717, 1.165) is 47.5 Å². The summed E-state index contributed by atoms with van der Waals surface area (Å²) in [7, 11) is 0. The number of hydrogen-bond donors (Lipinski definition) is 0. The predicted octanol–water partition coefficient (Wildman–Crippen LogP) is 4.37. The number of aromatic nitrogens is 1. The first-order chi connectivity index (χ1) is 12.7. The highest BCUT2D eigenvalue weighted by molar-refractivity contribution is 7.13. The molecule has 0 N–H and O–H groups in total. The van der Waals surface area contributed by atoms with Crippen molar-refractivity contribution in [1.82, 2.24) is 9.88 Å². The first kappa shape index (κ1) is 17.1. The highest BCUT2D eigenvalue weighted by Gasteiger charge is 2.24. The van der Waals surface area contributed by atoms with Gasteiger partial charge in [-0.1, -0.05) is 25.1 Å². The number of para-hydroxylation sites is 2. The average molecular weight is 370 g/mol. The first-order valence-corrected chi connectivity index (χ1v) is 9.72. The molecule has 0 fully saturated rings. The van der Waals surface area contributed by atoms with Crippen LogP contribution in [0.2, 0.25) is 0 Å². The Kier molecular flexibility index (Phi) is 4.95. The molecule has 1 aliphatic rings. The molecule has 0 aliphatic carbocycles. The van der Waals surface area contributed by atoms with Crippen LogP contribution in [0.5, 0.6) is 11.5 Å². The number of benzene rings is 1. The van der Waals surface area contributed by atoms with E-state index in [9.17, 15) is 0 Å². The zero-order chi connectivity index (χ0) is 17.9. The molecule has 6 heteroatoms. The van der Waals surface area contributed by atoms with Crippen molar-refractivity contribution >= 4 is 11.3 Å². The van der Waals surface area contributed by atoms with E-state index in [-0.39, 0.29) is 6.10 Å². The summed E-state index contributed by atoms with van der Waals surface area (Å²) in [6.07, 6.45) is 0.00817. The van der Waals surface area contributed by atoms with Crippen LogP contribution in [0, 0.1) is 6.92 Å². The van der Waals surface area contributed by atoms with E-state index in [0.29, 0.717) is 12.5 Å². The minimum Gasteiger partial charge on any atom is -0.486 e. The largest absolute Gasteiger partial charge is 0.486 e. The molecule has 3 aromatic rings. The summed E-state index contributed by atoms with van der Waals surface area (Å²) in [6, 6.07) is 11.9. The first-order valence-electron chi connectivity index (χ1n) is 8.84. The molecular formula is C20H22N2O3S. The van der Waals surface area contributed by atoms with Gasteiger partial charge in [0.2, 0.25) is 5.89 Å². The number of rotatable bonds is 6. The monoisotopic (exact) mass is 370 g/mol. The van der Waals surface area contributed by atoms with Crippen LogP contribution in [0.15, 0.2) is 46.2 Å². The number of ether oxygens (including phenoxy) is 2. The Morgan fingerprint density at radius 3 is 2.81 bits per heavy atom. The van der Waals surface area contributed by atoms with Gasteiger partial charge in [0.25, 0.3) is 0 Å². The minimum atomic E-state index is 0.00817. The molecule has 1 aromatic carbocycles. The number of oxazole rings is 1. The van der Waals surface area contributed by atoms with Gasteiger partial charge in [-0.05, 0) is 37.0 Å². The van der Waals surface area contributed by atoms with Crippen molar-refractivity contribution in [3.8, 4) is 22.3 Å². The molecule has 5 nitrogen and oxygen atoms in total. The molecule has 26 heavy (non-hydrogen) atoms. The van der Waals surface area contributed by atoms with E-state index < -0.39 is 0 Å². The maximum Gasteiger partial charge on any atom is 0.236 e. The Hall–Kier alpha value is -2.31. The molecule has 0 unspecified atom stereocenters. The van der Waals surface area contributed by atoms with Crippen LogP contribution in [0.3, 0.4) is 0 Å². The Labute approximate surface area is 157 Å². The number of hydrogen-bond acceptors (Lipinski definition) is 6. The van der Waals surface area contributed by atoms with E-state index in [2.05, 4.69) is 11.8 Å². The second-order valence-electron chi connectivity index (χ2n) is 6.32. The molecule has 0 saturated heterocycles. The Morgan fingerprint density at radius 1 is 1.19 bits per heavy atom. The van der Waals surface area contributed by atoms with Gasteiger partial charge >= 0.3 is 0 Å². The van der Waals surface area contributed by atoms with Crippen molar-refractivity contribution < 1.29 is 13.9 Å². The molecule has 2 aromatic heterocycles.